The van der Waals surface area contributed by atoms with Gasteiger partial charge in [0, 0.05) is 30.4 Å². The number of ether oxygens (including phenoxy) is 2. The largest absolute Gasteiger partial charge is 0.497 e. The number of likely N-dealkylation sites (tertiary alicyclic amines) is 1. The summed E-state index contributed by atoms with van der Waals surface area (Å²) in [6, 6.07) is 20.1. The normalized spacial score (nSPS) is 16.0. The molecule has 0 radical (unpaired) electrons. The molecule has 1 aliphatic heterocycles. The van der Waals surface area contributed by atoms with Crippen molar-refractivity contribution in [1.29, 1.82) is 0 Å². The summed E-state index contributed by atoms with van der Waals surface area (Å²) in [5.74, 6) is 2.01. The topological polar surface area (TPSA) is 51.7 Å². The average molecular weight is 431 g/mol. The second-order valence-corrected chi connectivity index (χ2v) is 8.36. The minimum Gasteiger partial charge on any atom is -0.497 e. The minimum absolute atomic E-state index is 0.156. The van der Waals surface area contributed by atoms with Crippen molar-refractivity contribution in [2.45, 2.75) is 32.1 Å². The van der Waals surface area contributed by atoms with Crippen LogP contribution in [0, 0.1) is 6.92 Å². The molecule has 3 aromatic rings. The van der Waals surface area contributed by atoms with Gasteiger partial charge in [0.05, 0.1) is 20.6 Å². The number of amides is 1. The molecule has 2 heterocycles. The number of hydrogen-bond donors (Lipinski definition) is 0. The molecule has 4 rings (SSSR count). The molecule has 1 fully saturated rings. The Morgan fingerprint density at radius 1 is 1.00 bits per heavy atom. The zero-order valence-electron chi connectivity index (χ0n) is 19.0. The van der Waals surface area contributed by atoms with Crippen molar-refractivity contribution in [3.05, 3.63) is 77.6 Å². The summed E-state index contributed by atoms with van der Waals surface area (Å²) in [5, 5.41) is 0. The van der Waals surface area contributed by atoms with E-state index in [0.717, 1.165) is 59.0 Å². The standard InChI is InChI=1S/C27H30N2O3/c1-19-13-23(21-8-5-11-25(16-21)32-3)17-26(28-19)22-9-6-12-29(18-22)27(30)15-20-7-4-10-24(14-20)31-2/h4-5,7-8,10-11,13-14,16-17,22H,6,9,12,15,18H2,1-3H3. The summed E-state index contributed by atoms with van der Waals surface area (Å²) in [6.45, 7) is 3.53. The van der Waals surface area contributed by atoms with E-state index in [0.29, 0.717) is 13.0 Å². The number of benzene rings is 2. The highest BCUT2D eigenvalue weighted by Gasteiger charge is 2.26. The number of carbonyl (C=O) groups is 1. The fraction of sp³-hybridized carbons (Fsp3) is 0.333. The third-order valence-electron chi connectivity index (χ3n) is 6.06. The first-order valence-corrected chi connectivity index (χ1v) is 11.1. The van der Waals surface area contributed by atoms with E-state index in [1.807, 2.05) is 54.3 Å². The lowest BCUT2D eigenvalue weighted by atomic mass is 9.92. The van der Waals surface area contributed by atoms with Crippen LogP contribution in [0.25, 0.3) is 11.1 Å². The van der Waals surface area contributed by atoms with E-state index in [4.69, 9.17) is 14.5 Å². The Morgan fingerprint density at radius 3 is 2.53 bits per heavy atom. The van der Waals surface area contributed by atoms with Gasteiger partial charge in [0.15, 0.2) is 0 Å². The number of carbonyl (C=O) groups excluding carboxylic acids is 1. The third-order valence-corrected chi connectivity index (χ3v) is 6.06. The maximum Gasteiger partial charge on any atom is 0.227 e. The number of rotatable bonds is 6. The molecule has 0 bridgehead atoms. The van der Waals surface area contributed by atoms with E-state index in [-0.39, 0.29) is 11.8 Å². The first kappa shape index (κ1) is 21.9. The van der Waals surface area contributed by atoms with Gasteiger partial charge in [0.1, 0.15) is 11.5 Å². The molecule has 1 aromatic heterocycles. The van der Waals surface area contributed by atoms with Crippen LogP contribution in [0.15, 0.2) is 60.7 Å². The van der Waals surface area contributed by atoms with Crippen LogP contribution in [-0.4, -0.2) is 43.1 Å². The number of pyridine rings is 1. The van der Waals surface area contributed by atoms with E-state index in [1.165, 1.54) is 0 Å². The summed E-state index contributed by atoms with van der Waals surface area (Å²) in [5.41, 5.74) is 5.26. The van der Waals surface area contributed by atoms with Gasteiger partial charge in [-0.15, -0.1) is 0 Å². The Balaban J connectivity index is 1.51. The predicted octanol–water partition coefficient (Wildman–Crippen LogP) is 5.02. The second-order valence-electron chi connectivity index (χ2n) is 8.36. The van der Waals surface area contributed by atoms with Crippen molar-refractivity contribution in [3.63, 3.8) is 0 Å². The van der Waals surface area contributed by atoms with Crippen LogP contribution in [0.1, 0.15) is 35.7 Å². The Bertz CT molecular complexity index is 1100. The number of hydrogen-bond acceptors (Lipinski definition) is 4. The van der Waals surface area contributed by atoms with Crippen molar-refractivity contribution < 1.29 is 14.3 Å². The number of methoxy groups -OCH3 is 2. The second kappa shape index (κ2) is 9.86. The monoisotopic (exact) mass is 430 g/mol. The van der Waals surface area contributed by atoms with Gasteiger partial charge in [-0.25, -0.2) is 0 Å². The van der Waals surface area contributed by atoms with E-state index < -0.39 is 0 Å². The Hall–Kier alpha value is -3.34. The zero-order valence-corrected chi connectivity index (χ0v) is 19.0. The van der Waals surface area contributed by atoms with Crippen LogP contribution in [0.3, 0.4) is 0 Å². The number of piperidine rings is 1. The molecule has 1 amide bonds. The van der Waals surface area contributed by atoms with Crippen molar-refractivity contribution >= 4 is 5.91 Å². The molecule has 0 N–H and O–H groups in total. The molecule has 166 valence electrons. The summed E-state index contributed by atoms with van der Waals surface area (Å²) in [4.78, 5) is 19.8. The van der Waals surface area contributed by atoms with Crippen molar-refractivity contribution in [1.82, 2.24) is 9.88 Å². The molecular formula is C27H30N2O3. The van der Waals surface area contributed by atoms with E-state index in [1.54, 1.807) is 14.2 Å². The van der Waals surface area contributed by atoms with Crippen LogP contribution in [-0.2, 0) is 11.2 Å². The van der Waals surface area contributed by atoms with E-state index in [2.05, 4.69) is 18.2 Å². The predicted molar refractivity (Wildman–Crippen MR) is 126 cm³/mol. The van der Waals surface area contributed by atoms with Gasteiger partial charge in [-0.2, -0.15) is 0 Å². The molecule has 5 heteroatoms. The van der Waals surface area contributed by atoms with Crippen molar-refractivity contribution in [2.75, 3.05) is 27.3 Å². The quantitative estimate of drug-likeness (QED) is 0.551. The highest BCUT2D eigenvalue weighted by atomic mass is 16.5. The van der Waals surface area contributed by atoms with Crippen molar-refractivity contribution in [2.24, 2.45) is 0 Å². The minimum atomic E-state index is 0.156. The van der Waals surface area contributed by atoms with Crippen molar-refractivity contribution in [3.8, 4) is 22.6 Å². The molecule has 5 nitrogen and oxygen atoms in total. The lowest BCUT2D eigenvalue weighted by Gasteiger charge is -2.33. The third kappa shape index (κ3) is 5.10. The fourth-order valence-corrected chi connectivity index (χ4v) is 4.39. The Kier molecular flexibility index (Phi) is 6.74. The van der Waals surface area contributed by atoms with Crippen LogP contribution in [0.5, 0.6) is 11.5 Å². The molecule has 0 spiro atoms. The summed E-state index contributed by atoms with van der Waals surface area (Å²) in [7, 11) is 3.33. The highest BCUT2D eigenvalue weighted by molar-refractivity contribution is 5.79. The highest BCUT2D eigenvalue weighted by Crippen LogP contribution is 2.31. The molecule has 1 aliphatic rings. The van der Waals surface area contributed by atoms with Crippen LogP contribution >= 0.6 is 0 Å². The van der Waals surface area contributed by atoms with E-state index >= 15 is 0 Å². The van der Waals surface area contributed by atoms with Gasteiger partial charge in [-0.3, -0.25) is 9.78 Å². The molecule has 32 heavy (non-hydrogen) atoms. The Morgan fingerprint density at radius 2 is 1.75 bits per heavy atom. The first-order valence-electron chi connectivity index (χ1n) is 11.1. The lowest BCUT2D eigenvalue weighted by molar-refractivity contribution is -0.131. The molecule has 2 aromatic carbocycles. The smallest absolute Gasteiger partial charge is 0.227 e. The molecule has 0 saturated carbocycles. The molecule has 1 atom stereocenters. The summed E-state index contributed by atoms with van der Waals surface area (Å²) < 4.78 is 10.7. The SMILES string of the molecule is COc1cccc(CC(=O)N2CCCC(c3cc(-c4cccc(OC)c4)cc(C)n3)C2)c1. The van der Waals surface area contributed by atoms with Gasteiger partial charge in [0.25, 0.3) is 0 Å². The molecule has 0 aliphatic carbocycles. The lowest BCUT2D eigenvalue weighted by Crippen LogP contribution is -2.40. The molecule has 1 unspecified atom stereocenters. The average Bonchev–Trinajstić information content (AvgIpc) is 2.84. The maximum absolute atomic E-state index is 13.0. The number of nitrogens with zero attached hydrogens (tertiary/aromatic N) is 2. The molecule has 1 saturated heterocycles. The zero-order chi connectivity index (χ0) is 22.5. The maximum atomic E-state index is 13.0. The van der Waals surface area contributed by atoms with Crippen LogP contribution in [0.2, 0.25) is 0 Å². The van der Waals surface area contributed by atoms with Gasteiger partial charge in [-0.05, 0) is 72.9 Å². The summed E-state index contributed by atoms with van der Waals surface area (Å²) in [6.07, 6.45) is 2.41. The summed E-state index contributed by atoms with van der Waals surface area (Å²) >= 11 is 0. The van der Waals surface area contributed by atoms with Gasteiger partial charge in [0.2, 0.25) is 5.91 Å². The van der Waals surface area contributed by atoms with E-state index in [9.17, 15) is 4.79 Å². The molecular weight excluding hydrogens is 400 g/mol. The van der Waals surface area contributed by atoms with Gasteiger partial charge in [-0.1, -0.05) is 24.3 Å². The van der Waals surface area contributed by atoms with Gasteiger partial charge >= 0.3 is 0 Å². The Labute approximate surface area is 190 Å². The van der Waals surface area contributed by atoms with Crippen LogP contribution in [0.4, 0.5) is 0 Å². The van der Waals surface area contributed by atoms with Crippen LogP contribution < -0.4 is 9.47 Å². The first-order chi connectivity index (χ1) is 15.6. The number of aryl methyl sites for hydroxylation is 1. The number of aromatic nitrogens is 1. The van der Waals surface area contributed by atoms with Gasteiger partial charge < -0.3 is 14.4 Å². The fourth-order valence-electron chi connectivity index (χ4n) is 4.39.